The summed E-state index contributed by atoms with van der Waals surface area (Å²) in [4.78, 5) is 18.9. The van der Waals surface area contributed by atoms with Gasteiger partial charge in [-0.3, -0.25) is 4.79 Å². The highest BCUT2D eigenvalue weighted by Gasteiger charge is 2.21. The molecule has 1 aromatic heterocycles. The SMILES string of the molecule is Cc1nc(COc2cccc(C(=O)N(C)C(C)c3cccc(S(N)(=O)=O)c3)c2)cs1. The molecule has 0 fully saturated rings. The minimum atomic E-state index is -3.81. The van der Waals surface area contributed by atoms with Crippen LogP contribution < -0.4 is 9.88 Å². The third-order valence-corrected chi connectivity index (χ3v) is 6.44. The molecular weight excluding hydrogens is 422 g/mol. The van der Waals surface area contributed by atoms with Gasteiger partial charge in [-0.1, -0.05) is 18.2 Å². The maximum atomic E-state index is 13.0. The van der Waals surface area contributed by atoms with E-state index in [1.54, 1.807) is 59.7 Å². The van der Waals surface area contributed by atoms with Crippen LogP contribution in [-0.4, -0.2) is 31.3 Å². The maximum absolute atomic E-state index is 13.0. The molecule has 0 radical (unpaired) electrons. The number of aromatic nitrogens is 1. The van der Waals surface area contributed by atoms with E-state index >= 15 is 0 Å². The van der Waals surface area contributed by atoms with E-state index in [0.717, 1.165) is 10.7 Å². The summed E-state index contributed by atoms with van der Waals surface area (Å²) in [7, 11) is -2.15. The molecule has 0 spiro atoms. The average Bonchev–Trinajstić information content (AvgIpc) is 3.15. The van der Waals surface area contributed by atoms with Gasteiger partial charge in [-0.25, -0.2) is 18.5 Å². The zero-order valence-electron chi connectivity index (χ0n) is 16.9. The number of nitrogens with two attached hydrogens (primary N) is 1. The highest BCUT2D eigenvalue weighted by Crippen LogP contribution is 2.24. The molecule has 0 bridgehead atoms. The zero-order chi connectivity index (χ0) is 21.9. The van der Waals surface area contributed by atoms with Crippen molar-refractivity contribution in [3.63, 3.8) is 0 Å². The first-order valence-corrected chi connectivity index (χ1v) is 11.6. The quantitative estimate of drug-likeness (QED) is 0.599. The summed E-state index contributed by atoms with van der Waals surface area (Å²) >= 11 is 1.56. The molecule has 0 saturated heterocycles. The normalized spacial score (nSPS) is 12.4. The molecule has 0 aliphatic rings. The smallest absolute Gasteiger partial charge is 0.254 e. The number of sulfonamides is 1. The third-order valence-electron chi connectivity index (χ3n) is 4.70. The van der Waals surface area contributed by atoms with Crippen LogP contribution in [0, 0.1) is 6.92 Å². The first-order valence-electron chi connectivity index (χ1n) is 9.19. The fourth-order valence-corrected chi connectivity index (χ4v) is 4.07. The highest BCUT2D eigenvalue weighted by molar-refractivity contribution is 7.89. The van der Waals surface area contributed by atoms with Crippen LogP contribution in [0.5, 0.6) is 5.75 Å². The molecule has 1 heterocycles. The van der Waals surface area contributed by atoms with Crippen molar-refractivity contribution in [1.82, 2.24) is 9.88 Å². The summed E-state index contributed by atoms with van der Waals surface area (Å²) in [5, 5.41) is 8.13. The van der Waals surface area contributed by atoms with Crippen LogP contribution in [0.1, 0.15) is 39.6 Å². The number of thiazole rings is 1. The molecule has 7 nitrogen and oxygen atoms in total. The van der Waals surface area contributed by atoms with E-state index in [1.807, 2.05) is 19.2 Å². The van der Waals surface area contributed by atoms with Crippen molar-refractivity contribution in [2.24, 2.45) is 5.14 Å². The van der Waals surface area contributed by atoms with Gasteiger partial charge in [-0.05, 0) is 49.7 Å². The number of carbonyl (C=O) groups is 1. The van der Waals surface area contributed by atoms with Gasteiger partial charge in [-0.2, -0.15) is 0 Å². The lowest BCUT2D eigenvalue weighted by molar-refractivity contribution is 0.0742. The van der Waals surface area contributed by atoms with Crippen molar-refractivity contribution in [3.05, 3.63) is 75.7 Å². The minimum absolute atomic E-state index is 0.0142. The maximum Gasteiger partial charge on any atom is 0.254 e. The van der Waals surface area contributed by atoms with Crippen LogP contribution >= 0.6 is 11.3 Å². The Hall–Kier alpha value is -2.75. The highest BCUT2D eigenvalue weighted by atomic mass is 32.2. The monoisotopic (exact) mass is 445 g/mol. The Morgan fingerprint density at radius 3 is 2.63 bits per heavy atom. The van der Waals surface area contributed by atoms with Crippen LogP contribution in [0.15, 0.2) is 58.8 Å². The Labute approximate surface area is 180 Å². The molecule has 0 aliphatic heterocycles. The van der Waals surface area contributed by atoms with Gasteiger partial charge in [0.2, 0.25) is 10.0 Å². The fraction of sp³-hybridized carbons (Fsp3) is 0.238. The molecule has 3 rings (SSSR count). The van der Waals surface area contributed by atoms with Crippen molar-refractivity contribution in [3.8, 4) is 5.75 Å². The van der Waals surface area contributed by atoms with Gasteiger partial charge < -0.3 is 9.64 Å². The van der Waals surface area contributed by atoms with Crippen molar-refractivity contribution < 1.29 is 17.9 Å². The predicted molar refractivity (Wildman–Crippen MR) is 116 cm³/mol. The fourth-order valence-electron chi connectivity index (χ4n) is 2.91. The number of aryl methyl sites for hydroxylation is 1. The lowest BCUT2D eigenvalue weighted by atomic mass is 10.1. The van der Waals surface area contributed by atoms with Crippen LogP contribution in [0.3, 0.4) is 0 Å². The number of nitrogens with zero attached hydrogens (tertiary/aromatic N) is 2. The van der Waals surface area contributed by atoms with Crippen molar-refractivity contribution in [2.45, 2.75) is 31.4 Å². The van der Waals surface area contributed by atoms with Gasteiger partial charge in [0.1, 0.15) is 12.4 Å². The standard InChI is InChI=1S/C21H23N3O4S2/c1-14(16-6-5-9-20(11-16)30(22,26)27)24(3)21(25)17-7-4-8-19(10-17)28-12-18-13-29-15(2)23-18/h4-11,13-14H,12H2,1-3H3,(H2,22,26,27). The van der Waals surface area contributed by atoms with Crippen LogP contribution in [0.2, 0.25) is 0 Å². The van der Waals surface area contributed by atoms with E-state index < -0.39 is 10.0 Å². The summed E-state index contributed by atoms with van der Waals surface area (Å²) in [5.41, 5.74) is 1.98. The molecular formula is C21H23N3O4S2. The molecule has 2 aromatic carbocycles. The molecule has 0 aliphatic carbocycles. The number of rotatable bonds is 7. The number of amides is 1. The molecule has 1 unspecified atom stereocenters. The van der Waals surface area contributed by atoms with Crippen molar-refractivity contribution in [1.29, 1.82) is 0 Å². The topological polar surface area (TPSA) is 103 Å². The largest absolute Gasteiger partial charge is 0.487 e. The third kappa shape index (κ3) is 5.24. The zero-order valence-corrected chi connectivity index (χ0v) is 18.5. The molecule has 1 atom stereocenters. The number of primary sulfonamides is 1. The van der Waals surface area contributed by atoms with E-state index in [9.17, 15) is 13.2 Å². The van der Waals surface area contributed by atoms with Crippen LogP contribution in [-0.2, 0) is 16.6 Å². The van der Waals surface area contributed by atoms with Crippen LogP contribution in [0.25, 0.3) is 0 Å². The minimum Gasteiger partial charge on any atom is -0.487 e. The van der Waals surface area contributed by atoms with E-state index in [4.69, 9.17) is 9.88 Å². The average molecular weight is 446 g/mol. The number of hydrogen-bond donors (Lipinski definition) is 1. The van der Waals surface area contributed by atoms with E-state index in [1.165, 1.54) is 12.1 Å². The molecule has 1 amide bonds. The molecule has 158 valence electrons. The predicted octanol–water partition coefficient (Wildman–Crippen LogP) is 3.51. The molecule has 30 heavy (non-hydrogen) atoms. The number of benzene rings is 2. The lowest BCUT2D eigenvalue weighted by Crippen LogP contribution is -2.29. The van der Waals surface area contributed by atoms with Gasteiger partial charge in [0.25, 0.3) is 5.91 Å². The van der Waals surface area contributed by atoms with E-state index in [-0.39, 0.29) is 16.8 Å². The molecule has 3 aromatic rings. The van der Waals surface area contributed by atoms with E-state index in [2.05, 4.69) is 4.98 Å². The molecule has 2 N–H and O–H groups in total. The first kappa shape index (κ1) is 21.9. The van der Waals surface area contributed by atoms with E-state index in [0.29, 0.717) is 23.5 Å². The Bertz CT molecular complexity index is 1160. The Morgan fingerprint density at radius 2 is 1.97 bits per heavy atom. The summed E-state index contributed by atoms with van der Waals surface area (Å²) in [6.07, 6.45) is 0. The van der Waals surface area contributed by atoms with Gasteiger partial charge in [0, 0.05) is 18.0 Å². The van der Waals surface area contributed by atoms with Gasteiger partial charge in [0.05, 0.1) is 21.6 Å². The second kappa shape index (κ2) is 8.95. The molecule has 0 saturated carbocycles. The van der Waals surface area contributed by atoms with Gasteiger partial charge in [0.15, 0.2) is 0 Å². The Kier molecular flexibility index (Phi) is 6.55. The number of hydrogen-bond acceptors (Lipinski definition) is 6. The van der Waals surface area contributed by atoms with Crippen molar-refractivity contribution >= 4 is 27.3 Å². The summed E-state index contributed by atoms with van der Waals surface area (Å²) < 4.78 is 29.0. The summed E-state index contributed by atoms with van der Waals surface area (Å²) in [5.74, 6) is 0.363. The summed E-state index contributed by atoms with van der Waals surface area (Å²) in [6, 6.07) is 12.9. The first-order chi connectivity index (χ1) is 14.1. The number of carbonyl (C=O) groups excluding carboxylic acids is 1. The molecule has 9 heteroatoms. The van der Waals surface area contributed by atoms with Gasteiger partial charge >= 0.3 is 0 Å². The Balaban J connectivity index is 1.74. The Morgan fingerprint density at radius 1 is 1.23 bits per heavy atom. The summed E-state index contributed by atoms with van der Waals surface area (Å²) in [6.45, 7) is 4.09. The lowest BCUT2D eigenvalue weighted by Gasteiger charge is -2.26. The van der Waals surface area contributed by atoms with Gasteiger partial charge in [-0.15, -0.1) is 11.3 Å². The van der Waals surface area contributed by atoms with Crippen LogP contribution in [0.4, 0.5) is 0 Å². The number of ether oxygens (including phenoxy) is 1. The second-order valence-electron chi connectivity index (χ2n) is 6.88. The second-order valence-corrected chi connectivity index (χ2v) is 9.51. The van der Waals surface area contributed by atoms with Crippen molar-refractivity contribution in [2.75, 3.05) is 7.05 Å².